The zero-order chi connectivity index (χ0) is 7.73. The number of hydrogen-bond acceptors (Lipinski definition) is 2. The fraction of sp³-hybridized carbons (Fsp3) is 0.889. The van der Waals surface area contributed by atoms with Gasteiger partial charge in [0.05, 0.1) is 6.04 Å². The van der Waals surface area contributed by atoms with Crippen molar-refractivity contribution in [2.75, 3.05) is 0 Å². The summed E-state index contributed by atoms with van der Waals surface area (Å²) in [5, 5.41) is 3.38. The van der Waals surface area contributed by atoms with Crippen LogP contribution < -0.4 is 5.32 Å². The molecule has 0 bridgehead atoms. The van der Waals surface area contributed by atoms with Gasteiger partial charge in [-0.05, 0) is 19.3 Å². The zero-order valence-electron chi connectivity index (χ0n) is 6.81. The highest BCUT2D eigenvalue weighted by Crippen LogP contribution is 2.37. The molecule has 2 heteroatoms. The van der Waals surface area contributed by atoms with Crippen LogP contribution in [-0.4, -0.2) is 17.9 Å². The molecule has 2 nitrogen and oxygen atoms in total. The average molecular weight is 153 g/mol. The highest BCUT2D eigenvalue weighted by molar-refractivity contribution is 5.60. The van der Waals surface area contributed by atoms with Gasteiger partial charge in [0.2, 0.25) is 0 Å². The molecule has 11 heavy (non-hydrogen) atoms. The van der Waals surface area contributed by atoms with Crippen molar-refractivity contribution in [3.05, 3.63) is 0 Å². The number of carbonyl (C=O) groups is 1. The third-order valence-corrected chi connectivity index (χ3v) is 3.08. The van der Waals surface area contributed by atoms with E-state index in [9.17, 15) is 4.79 Å². The lowest BCUT2D eigenvalue weighted by molar-refractivity contribution is -0.114. The fourth-order valence-electron chi connectivity index (χ4n) is 2.45. The molecule has 62 valence electrons. The number of hydrogen-bond donors (Lipinski definition) is 1. The largest absolute Gasteiger partial charge is 0.302 e. The fourth-order valence-corrected chi connectivity index (χ4v) is 2.45. The predicted octanol–water partition coefficient (Wildman–Crippen LogP) is 1.25. The van der Waals surface area contributed by atoms with Gasteiger partial charge in [-0.25, -0.2) is 0 Å². The highest BCUT2D eigenvalue weighted by Gasteiger charge is 2.43. The van der Waals surface area contributed by atoms with E-state index in [2.05, 4.69) is 5.32 Å². The van der Waals surface area contributed by atoms with E-state index in [1.807, 2.05) is 0 Å². The van der Waals surface area contributed by atoms with Crippen LogP contribution in [0, 0.1) is 0 Å². The van der Waals surface area contributed by atoms with E-state index in [1.54, 1.807) is 0 Å². The summed E-state index contributed by atoms with van der Waals surface area (Å²) in [6, 6.07) is 0.174. The molecule has 1 N–H and O–H groups in total. The lowest BCUT2D eigenvalue weighted by Gasteiger charge is -2.49. The van der Waals surface area contributed by atoms with E-state index < -0.39 is 0 Å². The second-order valence-electron chi connectivity index (χ2n) is 3.93. The summed E-state index contributed by atoms with van der Waals surface area (Å²) in [6.45, 7) is 0. The Labute approximate surface area is 67.4 Å². The Morgan fingerprint density at radius 2 is 1.91 bits per heavy atom. The second-order valence-corrected chi connectivity index (χ2v) is 3.93. The SMILES string of the molecule is O=CC1CC2(CCCCC2)N1. The van der Waals surface area contributed by atoms with E-state index in [1.165, 1.54) is 32.1 Å². The first-order valence-corrected chi connectivity index (χ1v) is 4.58. The summed E-state index contributed by atoms with van der Waals surface area (Å²) in [5.41, 5.74) is 0.393. The molecular weight excluding hydrogens is 138 g/mol. The van der Waals surface area contributed by atoms with Crippen LogP contribution >= 0.6 is 0 Å². The molecule has 1 unspecified atom stereocenters. The van der Waals surface area contributed by atoms with E-state index in [4.69, 9.17) is 0 Å². The molecule has 0 aromatic rings. The van der Waals surface area contributed by atoms with Gasteiger partial charge in [0.15, 0.2) is 0 Å². The maximum Gasteiger partial charge on any atom is 0.136 e. The van der Waals surface area contributed by atoms with Gasteiger partial charge in [0.1, 0.15) is 6.29 Å². The predicted molar refractivity (Wildman–Crippen MR) is 43.4 cm³/mol. The first-order valence-electron chi connectivity index (χ1n) is 4.58. The smallest absolute Gasteiger partial charge is 0.136 e. The van der Waals surface area contributed by atoms with Crippen LogP contribution in [0.15, 0.2) is 0 Å². The molecule has 1 atom stereocenters. The first-order chi connectivity index (χ1) is 5.35. The van der Waals surface area contributed by atoms with Gasteiger partial charge >= 0.3 is 0 Å². The molecule has 1 spiro atoms. The minimum absolute atomic E-state index is 0.174. The van der Waals surface area contributed by atoms with Crippen LogP contribution in [0.4, 0.5) is 0 Å². The lowest BCUT2D eigenvalue weighted by atomic mass is 9.71. The Bertz CT molecular complexity index is 153. The molecule has 0 aromatic carbocycles. The minimum Gasteiger partial charge on any atom is -0.302 e. The molecule has 2 aliphatic rings. The maximum atomic E-state index is 10.4. The summed E-state index contributed by atoms with van der Waals surface area (Å²) in [6.07, 6.45) is 8.79. The molecule has 1 aliphatic heterocycles. The van der Waals surface area contributed by atoms with Crippen LogP contribution in [-0.2, 0) is 4.79 Å². The van der Waals surface area contributed by atoms with Crippen molar-refractivity contribution in [1.82, 2.24) is 5.32 Å². The molecule has 1 heterocycles. The third kappa shape index (κ3) is 1.20. The first kappa shape index (κ1) is 7.29. The minimum atomic E-state index is 0.174. The van der Waals surface area contributed by atoms with Gasteiger partial charge in [-0.3, -0.25) is 0 Å². The van der Waals surface area contributed by atoms with Crippen molar-refractivity contribution in [3.8, 4) is 0 Å². The van der Waals surface area contributed by atoms with E-state index >= 15 is 0 Å². The average Bonchev–Trinajstić information content (AvgIpc) is 2.01. The molecule has 1 saturated heterocycles. The topological polar surface area (TPSA) is 29.1 Å². The summed E-state index contributed by atoms with van der Waals surface area (Å²) in [7, 11) is 0. The molecule has 1 saturated carbocycles. The van der Waals surface area contributed by atoms with E-state index in [0.29, 0.717) is 5.54 Å². The molecule has 0 aromatic heterocycles. The lowest BCUT2D eigenvalue weighted by Crippen LogP contribution is -2.64. The molecule has 2 fully saturated rings. The zero-order valence-corrected chi connectivity index (χ0v) is 6.81. The number of nitrogens with one attached hydrogen (secondary N) is 1. The van der Waals surface area contributed by atoms with Crippen molar-refractivity contribution in [1.29, 1.82) is 0 Å². The summed E-state index contributed by atoms with van der Waals surface area (Å²) >= 11 is 0. The van der Waals surface area contributed by atoms with Gasteiger partial charge in [0.25, 0.3) is 0 Å². The van der Waals surface area contributed by atoms with Gasteiger partial charge in [-0.1, -0.05) is 19.3 Å². The van der Waals surface area contributed by atoms with Crippen LogP contribution in [0.25, 0.3) is 0 Å². The number of carbonyl (C=O) groups excluding carboxylic acids is 1. The van der Waals surface area contributed by atoms with Crippen molar-refractivity contribution in [3.63, 3.8) is 0 Å². The molecule has 0 radical (unpaired) electrons. The number of aldehydes is 1. The van der Waals surface area contributed by atoms with Crippen LogP contribution in [0.2, 0.25) is 0 Å². The monoisotopic (exact) mass is 153 g/mol. The van der Waals surface area contributed by atoms with Gasteiger partial charge < -0.3 is 10.1 Å². The van der Waals surface area contributed by atoms with Gasteiger partial charge in [-0.15, -0.1) is 0 Å². The van der Waals surface area contributed by atoms with Crippen molar-refractivity contribution in [2.45, 2.75) is 50.1 Å². The Morgan fingerprint density at radius 1 is 1.27 bits per heavy atom. The Balaban J connectivity index is 1.88. The highest BCUT2D eigenvalue weighted by atomic mass is 16.1. The quantitative estimate of drug-likeness (QED) is 0.574. The summed E-state index contributed by atoms with van der Waals surface area (Å²) < 4.78 is 0. The van der Waals surface area contributed by atoms with Gasteiger partial charge in [0, 0.05) is 5.54 Å². The molecule has 1 aliphatic carbocycles. The molecule has 2 rings (SSSR count). The maximum absolute atomic E-state index is 10.4. The Hall–Kier alpha value is -0.370. The van der Waals surface area contributed by atoms with Gasteiger partial charge in [-0.2, -0.15) is 0 Å². The van der Waals surface area contributed by atoms with Crippen LogP contribution in [0.5, 0.6) is 0 Å². The summed E-state index contributed by atoms with van der Waals surface area (Å²) in [5.74, 6) is 0. The molecule has 0 amide bonds. The van der Waals surface area contributed by atoms with E-state index in [-0.39, 0.29) is 6.04 Å². The number of rotatable bonds is 1. The second kappa shape index (κ2) is 2.59. The summed E-state index contributed by atoms with van der Waals surface area (Å²) in [4.78, 5) is 10.4. The Morgan fingerprint density at radius 3 is 2.45 bits per heavy atom. The van der Waals surface area contributed by atoms with Crippen LogP contribution in [0.3, 0.4) is 0 Å². The Kier molecular flexibility index (Phi) is 1.72. The third-order valence-electron chi connectivity index (χ3n) is 3.08. The normalized spacial score (nSPS) is 34.7. The van der Waals surface area contributed by atoms with Crippen LogP contribution in [0.1, 0.15) is 38.5 Å². The van der Waals surface area contributed by atoms with Crippen molar-refractivity contribution >= 4 is 6.29 Å². The molecular formula is C9H15NO. The van der Waals surface area contributed by atoms with E-state index in [0.717, 1.165) is 12.7 Å². The van der Waals surface area contributed by atoms with Crippen molar-refractivity contribution in [2.24, 2.45) is 0 Å². The standard InChI is InChI=1S/C9H15NO/c11-7-8-6-9(10-8)4-2-1-3-5-9/h7-8,10H,1-6H2. The van der Waals surface area contributed by atoms with Crippen molar-refractivity contribution < 1.29 is 4.79 Å².